The molecule has 2 heterocycles. The highest BCUT2D eigenvalue weighted by molar-refractivity contribution is 7.85. The van der Waals surface area contributed by atoms with Gasteiger partial charge in [0.25, 0.3) is 0 Å². The molecular formula is C13H22N4OS. The third kappa shape index (κ3) is 3.43. The number of nitrogens with one attached hydrogen (secondary N) is 1. The Hall–Kier alpha value is -1.17. The van der Waals surface area contributed by atoms with E-state index in [0.29, 0.717) is 0 Å². The van der Waals surface area contributed by atoms with Crippen molar-refractivity contribution in [3.63, 3.8) is 0 Å². The Kier molecular flexibility index (Phi) is 4.74. The van der Waals surface area contributed by atoms with Crippen LogP contribution in [0.3, 0.4) is 0 Å². The summed E-state index contributed by atoms with van der Waals surface area (Å²) in [6.45, 7) is 8.66. The Labute approximate surface area is 117 Å². The molecule has 0 radical (unpaired) electrons. The molecule has 1 aromatic rings. The van der Waals surface area contributed by atoms with E-state index < -0.39 is 10.8 Å². The smallest absolute Gasteiger partial charge is 0.137 e. The van der Waals surface area contributed by atoms with E-state index in [1.54, 1.807) is 0 Å². The van der Waals surface area contributed by atoms with Crippen molar-refractivity contribution < 1.29 is 4.21 Å². The number of hydrogen-bond acceptors (Lipinski definition) is 5. The monoisotopic (exact) mass is 282 g/mol. The second-order valence-corrected chi connectivity index (χ2v) is 6.53. The Morgan fingerprint density at radius 1 is 1.26 bits per heavy atom. The van der Waals surface area contributed by atoms with Gasteiger partial charge in [-0.15, -0.1) is 0 Å². The molecule has 0 amide bonds. The van der Waals surface area contributed by atoms with E-state index in [2.05, 4.69) is 34.0 Å². The van der Waals surface area contributed by atoms with Gasteiger partial charge in [0, 0.05) is 47.5 Å². The highest BCUT2D eigenvalue weighted by atomic mass is 32.2. The van der Waals surface area contributed by atoms with Crippen LogP contribution in [0.2, 0.25) is 0 Å². The lowest BCUT2D eigenvalue weighted by Crippen LogP contribution is -2.38. The predicted octanol–water partition coefficient (Wildman–Crippen LogP) is 1.48. The maximum atomic E-state index is 11.4. The van der Waals surface area contributed by atoms with Crippen molar-refractivity contribution >= 4 is 22.4 Å². The van der Waals surface area contributed by atoms with Gasteiger partial charge in [0.1, 0.15) is 17.5 Å². The van der Waals surface area contributed by atoms with Crippen LogP contribution >= 0.6 is 0 Å². The Morgan fingerprint density at radius 3 is 2.58 bits per heavy atom. The summed E-state index contributed by atoms with van der Waals surface area (Å²) in [4.78, 5) is 11.3. The fourth-order valence-corrected chi connectivity index (χ4v) is 3.24. The number of rotatable bonds is 4. The molecule has 6 heteroatoms. The second kappa shape index (κ2) is 6.32. The third-order valence-electron chi connectivity index (χ3n) is 3.25. The molecule has 1 N–H and O–H groups in total. The van der Waals surface area contributed by atoms with E-state index in [0.717, 1.165) is 60.6 Å². The lowest BCUT2D eigenvalue weighted by Gasteiger charge is -2.29. The fourth-order valence-electron chi connectivity index (χ4n) is 2.19. The first-order valence-corrected chi connectivity index (χ1v) is 8.29. The van der Waals surface area contributed by atoms with Gasteiger partial charge in [0.2, 0.25) is 0 Å². The van der Waals surface area contributed by atoms with E-state index in [9.17, 15) is 4.21 Å². The van der Waals surface area contributed by atoms with Crippen molar-refractivity contribution in [1.29, 1.82) is 0 Å². The maximum absolute atomic E-state index is 11.4. The van der Waals surface area contributed by atoms with E-state index in [4.69, 9.17) is 0 Å². The molecule has 2 rings (SSSR count). The van der Waals surface area contributed by atoms with Crippen molar-refractivity contribution in [2.75, 3.05) is 41.4 Å². The topological polar surface area (TPSA) is 58.1 Å². The molecule has 19 heavy (non-hydrogen) atoms. The zero-order chi connectivity index (χ0) is 13.8. The van der Waals surface area contributed by atoms with Crippen molar-refractivity contribution in [2.45, 2.75) is 27.2 Å². The normalized spacial score (nSPS) is 16.7. The largest absolute Gasteiger partial charge is 0.370 e. The summed E-state index contributed by atoms with van der Waals surface area (Å²) in [6.07, 6.45) is 1.07. The first kappa shape index (κ1) is 14.2. The molecule has 1 aliphatic heterocycles. The number of anilines is 2. The molecule has 106 valence electrons. The van der Waals surface area contributed by atoms with Crippen LogP contribution in [0.4, 0.5) is 11.6 Å². The highest BCUT2D eigenvalue weighted by Crippen LogP contribution is 2.24. The minimum absolute atomic E-state index is 0.658. The molecule has 5 nitrogen and oxygen atoms in total. The summed E-state index contributed by atoms with van der Waals surface area (Å²) in [6, 6.07) is 0. The summed E-state index contributed by atoms with van der Waals surface area (Å²) in [5.41, 5.74) is 1.09. The second-order valence-electron chi connectivity index (χ2n) is 4.83. The van der Waals surface area contributed by atoms with Gasteiger partial charge in [0.05, 0.1) is 0 Å². The molecule has 1 aromatic heterocycles. The Morgan fingerprint density at radius 2 is 1.95 bits per heavy atom. The van der Waals surface area contributed by atoms with Gasteiger partial charge in [-0.25, -0.2) is 9.97 Å². The molecule has 0 aromatic carbocycles. The maximum Gasteiger partial charge on any atom is 0.137 e. The molecular weight excluding hydrogens is 260 g/mol. The average molecular weight is 282 g/mol. The van der Waals surface area contributed by atoms with Gasteiger partial charge in [0.15, 0.2) is 0 Å². The molecule has 0 atom stereocenters. The number of hydrogen-bond donors (Lipinski definition) is 1. The summed E-state index contributed by atoms with van der Waals surface area (Å²) in [5, 5.41) is 3.35. The minimum Gasteiger partial charge on any atom is -0.370 e. The van der Waals surface area contributed by atoms with Gasteiger partial charge in [-0.1, -0.05) is 6.92 Å². The SMILES string of the molecule is CCCNc1nc(C)nc(N2CCS(=O)CC2)c1C. The molecule has 0 unspecified atom stereocenters. The quantitative estimate of drug-likeness (QED) is 0.906. The van der Waals surface area contributed by atoms with Crippen LogP contribution in [0.5, 0.6) is 0 Å². The van der Waals surface area contributed by atoms with Crippen molar-refractivity contribution in [1.82, 2.24) is 9.97 Å². The molecule has 0 bridgehead atoms. The average Bonchev–Trinajstić information content (AvgIpc) is 2.40. The van der Waals surface area contributed by atoms with E-state index in [1.807, 2.05) is 6.92 Å². The molecule has 0 aliphatic carbocycles. The molecule has 1 saturated heterocycles. The Bertz CT molecular complexity index is 468. The van der Waals surface area contributed by atoms with E-state index in [-0.39, 0.29) is 0 Å². The van der Waals surface area contributed by atoms with Gasteiger partial charge >= 0.3 is 0 Å². The third-order valence-corrected chi connectivity index (χ3v) is 4.53. The van der Waals surface area contributed by atoms with Crippen molar-refractivity contribution in [2.24, 2.45) is 0 Å². The van der Waals surface area contributed by atoms with Crippen molar-refractivity contribution in [3.05, 3.63) is 11.4 Å². The fraction of sp³-hybridized carbons (Fsp3) is 0.692. The molecule has 1 fully saturated rings. The minimum atomic E-state index is -0.658. The Balaban J connectivity index is 2.24. The van der Waals surface area contributed by atoms with Crippen LogP contribution in [-0.2, 0) is 10.8 Å². The van der Waals surface area contributed by atoms with Gasteiger partial charge < -0.3 is 10.2 Å². The van der Waals surface area contributed by atoms with Crippen molar-refractivity contribution in [3.8, 4) is 0 Å². The first-order chi connectivity index (χ1) is 9.11. The van der Waals surface area contributed by atoms with Gasteiger partial charge in [-0.05, 0) is 20.3 Å². The van der Waals surface area contributed by atoms with Crippen LogP contribution in [0.25, 0.3) is 0 Å². The standard InChI is InChI=1S/C13H22N4OS/c1-4-5-14-12-10(2)13(16-11(3)15-12)17-6-8-19(18)9-7-17/h4-9H2,1-3H3,(H,14,15,16). The van der Waals surface area contributed by atoms with Gasteiger partial charge in [-0.3, -0.25) is 4.21 Å². The first-order valence-electron chi connectivity index (χ1n) is 6.81. The van der Waals surface area contributed by atoms with Crippen LogP contribution in [0.1, 0.15) is 24.7 Å². The summed E-state index contributed by atoms with van der Waals surface area (Å²) >= 11 is 0. The van der Waals surface area contributed by atoms with Crippen LogP contribution in [0.15, 0.2) is 0 Å². The molecule has 1 aliphatic rings. The lowest BCUT2D eigenvalue weighted by atomic mass is 10.2. The highest BCUT2D eigenvalue weighted by Gasteiger charge is 2.20. The predicted molar refractivity (Wildman–Crippen MR) is 80.4 cm³/mol. The number of nitrogens with zero attached hydrogens (tertiary/aromatic N) is 3. The summed E-state index contributed by atoms with van der Waals surface area (Å²) < 4.78 is 11.4. The zero-order valence-electron chi connectivity index (χ0n) is 11.9. The van der Waals surface area contributed by atoms with Crippen LogP contribution in [0, 0.1) is 13.8 Å². The molecule has 0 saturated carbocycles. The summed E-state index contributed by atoms with van der Waals surface area (Å²) in [7, 11) is -0.658. The summed E-state index contributed by atoms with van der Waals surface area (Å²) in [5.74, 6) is 4.17. The molecule has 0 spiro atoms. The van der Waals surface area contributed by atoms with Crippen LogP contribution < -0.4 is 10.2 Å². The number of aromatic nitrogens is 2. The number of aryl methyl sites for hydroxylation is 1. The van der Waals surface area contributed by atoms with E-state index >= 15 is 0 Å². The lowest BCUT2D eigenvalue weighted by molar-refractivity contribution is 0.672. The zero-order valence-corrected chi connectivity index (χ0v) is 12.7. The van der Waals surface area contributed by atoms with E-state index in [1.165, 1.54) is 0 Å². The van der Waals surface area contributed by atoms with Gasteiger partial charge in [-0.2, -0.15) is 0 Å². The van der Waals surface area contributed by atoms with Crippen LogP contribution in [-0.4, -0.2) is 45.3 Å².